The Morgan fingerprint density at radius 3 is 2.77 bits per heavy atom. The highest BCUT2D eigenvalue weighted by atomic mass is 16.6. The highest BCUT2D eigenvalue weighted by Gasteiger charge is 1.98. The van der Waals surface area contributed by atoms with Crippen LogP contribution in [0.4, 0.5) is 0 Å². The Morgan fingerprint density at radius 1 is 1.38 bits per heavy atom. The fourth-order valence-electron chi connectivity index (χ4n) is 1.08. The van der Waals surface area contributed by atoms with Crippen LogP contribution in [0.15, 0.2) is 24.3 Å². The molecule has 0 aliphatic carbocycles. The molecule has 1 aromatic carbocycles. The summed E-state index contributed by atoms with van der Waals surface area (Å²) in [5.74, 6) is 5.82. The number of hydrogen-bond acceptors (Lipinski definition) is 3. The molecule has 0 aliphatic heterocycles. The molecule has 0 bridgehead atoms. The van der Waals surface area contributed by atoms with Crippen LogP contribution in [0.25, 0.3) is 0 Å². The van der Waals surface area contributed by atoms with E-state index in [1.54, 1.807) is 0 Å². The molecule has 1 rings (SSSR count). The Balaban J connectivity index is 2.67. The molecule has 0 atom stereocenters. The van der Waals surface area contributed by atoms with Crippen molar-refractivity contribution in [3.63, 3.8) is 0 Å². The molecule has 2 N–H and O–H groups in total. The van der Waals surface area contributed by atoms with Crippen LogP contribution in [0.3, 0.4) is 0 Å². The first-order valence-electron chi connectivity index (χ1n) is 4.29. The number of hydrogen-bond donors (Lipinski definition) is 1. The number of rotatable bonds is 4. The summed E-state index contributed by atoms with van der Waals surface area (Å²) in [5, 5.41) is 0. The molecule has 0 spiro atoms. The number of nitrogens with two attached hydrogens (primary N) is 1. The monoisotopic (exact) mass is 181 g/mol. The quantitative estimate of drug-likeness (QED) is 0.721. The normalized spacial score (nSPS) is 10.5. The van der Waals surface area contributed by atoms with E-state index in [0.717, 1.165) is 11.3 Å². The van der Waals surface area contributed by atoms with Gasteiger partial charge < -0.3 is 4.74 Å². The zero-order valence-corrected chi connectivity index (χ0v) is 7.99. The predicted octanol–water partition coefficient (Wildman–Crippen LogP) is 1.86. The van der Waals surface area contributed by atoms with Gasteiger partial charge in [0.15, 0.2) is 0 Å². The van der Waals surface area contributed by atoms with Crippen molar-refractivity contribution >= 4 is 0 Å². The first-order valence-corrected chi connectivity index (χ1v) is 4.29. The fraction of sp³-hybridized carbons (Fsp3) is 0.400. The molecule has 0 saturated carbocycles. The van der Waals surface area contributed by atoms with Gasteiger partial charge in [0.1, 0.15) is 5.75 Å². The summed E-state index contributed by atoms with van der Waals surface area (Å²) in [6, 6.07) is 7.71. The maximum Gasteiger partial charge on any atom is 0.120 e. The summed E-state index contributed by atoms with van der Waals surface area (Å²) < 4.78 is 5.50. The standard InChI is InChI=1S/C10H15NO2/c1-8(2)13-10-5-3-4-9(6-10)7-12-11/h3-6,8H,7,11H2,1-2H3. The van der Waals surface area contributed by atoms with Crippen LogP contribution in [0.2, 0.25) is 0 Å². The molecule has 0 unspecified atom stereocenters. The van der Waals surface area contributed by atoms with Crippen molar-refractivity contribution in [1.29, 1.82) is 0 Å². The van der Waals surface area contributed by atoms with Crippen LogP contribution in [0.1, 0.15) is 19.4 Å². The van der Waals surface area contributed by atoms with E-state index in [1.807, 2.05) is 38.1 Å². The topological polar surface area (TPSA) is 44.5 Å². The van der Waals surface area contributed by atoms with E-state index in [-0.39, 0.29) is 6.10 Å². The van der Waals surface area contributed by atoms with Gasteiger partial charge in [-0.15, -0.1) is 0 Å². The van der Waals surface area contributed by atoms with Crippen LogP contribution >= 0.6 is 0 Å². The molecule has 13 heavy (non-hydrogen) atoms. The van der Waals surface area contributed by atoms with E-state index in [0.29, 0.717) is 6.61 Å². The van der Waals surface area contributed by atoms with Gasteiger partial charge in [0, 0.05) is 0 Å². The largest absolute Gasteiger partial charge is 0.491 e. The highest BCUT2D eigenvalue weighted by molar-refractivity contribution is 5.28. The van der Waals surface area contributed by atoms with Crippen LogP contribution in [0, 0.1) is 0 Å². The average Bonchev–Trinajstić information content (AvgIpc) is 2.04. The summed E-state index contributed by atoms with van der Waals surface area (Å²) in [4.78, 5) is 4.53. The Labute approximate surface area is 78.4 Å². The van der Waals surface area contributed by atoms with E-state index in [4.69, 9.17) is 10.6 Å². The third-order valence-corrected chi connectivity index (χ3v) is 1.52. The maximum atomic E-state index is 5.50. The fourth-order valence-corrected chi connectivity index (χ4v) is 1.08. The lowest BCUT2D eigenvalue weighted by molar-refractivity contribution is 0.123. The lowest BCUT2D eigenvalue weighted by Crippen LogP contribution is -2.06. The summed E-state index contributed by atoms with van der Waals surface area (Å²) in [5.41, 5.74) is 1.01. The predicted molar refractivity (Wildman–Crippen MR) is 51.2 cm³/mol. The van der Waals surface area contributed by atoms with Crippen molar-refractivity contribution in [3.8, 4) is 5.75 Å². The molecule has 0 aromatic heterocycles. The summed E-state index contributed by atoms with van der Waals surface area (Å²) in [6.45, 7) is 4.40. The Hall–Kier alpha value is -1.06. The third-order valence-electron chi connectivity index (χ3n) is 1.52. The van der Waals surface area contributed by atoms with Gasteiger partial charge in [-0.05, 0) is 31.5 Å². The van der Waals surface area contributed by atoms with E-state index < -0.39 is 0 Å². The SMILES string of the molecule is CC(C)Oc1cccc(CON)c1. The minimum absolute atomic E-state index is 0.189. The molecule has 3 nitrogen and oxygen atoms in total. The van der Waals surface area contributed by atoms with Gasteiger partial charge >= 0.3 is 0 Å². The van der Waals surface area contributed by atoms with Gasteiger partial charge in [0.05, 0.1) is 12.7 Å². The van der Waals surface area contributed by atoms with E-state index in [1.165, 1.54) is 0 Å². The minimum Gasteiger partial charge on any atom is -0.491 e. The maximum absolute atomic E-state index is 5.50. The third kappa shape index (κ3) is 3.44. The lowest BCUT2D eigenvalue weighted by Gasteiger charge is -2.10. The van der Waals surface area contributed by atoms with Gasteiger partial charge in [-0.3, -0.25) is 4.84 Å². The molecule has 1 aromatic rings. The van der Waals surface area contributed by atoms with Crippen LogP contribution in [-0.4, -0.2) is 6.10 Å². The molecular formula is C10H15NO2. The van der Waals surface area contributed by atoms with Crippen LogP contribution in [0.5, 0.6) is 5.75 Å². The van der Waals surface area contributed by atoms with Crippen molar-refractivity contribution in [3.05, 3.63) is 29.8 Å². The second kappa shape index (κ2) is 4.84. The van der Waals surface area contributed by atoms with E-state index in [2.05, 4.69) is 4.84 Å². The van der Waals surface area contributed by atoms with Crippen molar-refractivity contribution in [2.45, 2.75) is 26.6 Å². The first kappa shape index (κ1) is 10.0. The molecule has 0 aliphatic rings. The Bertz CT molecular complexity index is 261. The number of benzene rings is 1. The Kier molecular flexibility index (Phi) is 3.73. The minimum atomic E-state index is 0.189. The van der Waals surface area contributed by atoms with Crippen LogP contribution in [-0.2, 0) is 11.4 Å². The zero-order chi connectivity index (χ0) is 9.68. The first-order chi connectivity index (χ1) is 6.22. The molecular weight excluding hydrogens is 166 g/mol. The average molecular weight is 181 g/mol. The van der Waals surface area contributed by atoms with Crippen molar-refractivity contribution < 1.29 is 9.57 Å². The van der Waals surface area contributed by atoms with Gasteiger partial charge in [-0.25, -0.2) is 5.90 Å². The van der Waals surface area contributed by atoms with Gasteiger partial charge in [-0.1, -0.05) is 12.1 Å². The van der Waals surface area contributed by atoms with Gasteiger partial charge in [0.2, 0.25) is 0 Å². The zero-order valence-electron chi connectivity index (χ0n) is 7.99. The van der Waals surface area contributed by atoms with Crippen molar-refractivity contribution in [2.75, 3.05) is 0 Å². The summed E-state index contributed by atoms with van der Waals surface area (Å²) in [6.07, 6.45) is 0.189. The summed E-state index contributed by atoms with van der Waals surface area (Å²) in [7, 11) is 0. The molecule has 0 fully saturated rings. The molecule has 0 amide bonds. The van der Waals surface area contributed by atoms with Crippen molar-refractivity contribution in [2.24, 2.45) is 5.90 Å². The molecule has 0 heterocycles. The highest BCUT2D eigenvalue weighted by Crippen LogP contribution is 2.14. The van der Waals surface area contributed by atoms with E-state index >= 15 is 0 Å². The van der Waals surface area contributed by atoms with Gasteiger partial charge in [-0.2, -0.15) is 0 Å². The van der Waals surface area contributed by atoms with E-state index in [9.17, 15) is 0 Å². The van der Waals surface area contributed by atoms with Crippen molar-refractivity contribution in [1.82, 2.24) is 0 Å². The smallest absolute Gasteiger partial charge is 0.120 e. The van der Waals surface area contributed by atoms with Gasteiger partial charge in [0.25, 0.3) is 0 Å². The molecule has 0 saturated heterocycles. The molecule has 72 valence electrons. The second-order valence-corrected chi connectivity index (χ2v) is 3.13. The Morgan fingerprint density at radius 2 is 2.15 bits per heavy atom. The summed E-state index contributed by atoms with van der Waals surface area (Å²) >= 11 is 0. The second-order valence-electron chi connectivity index (χ2n) is 3.13. The molecule has 3 heteroatoms. The lowest BCUT2D eigenvalue weighted by atomic mass is 10.2. The number of ether oxygens (including phenoxy) is 1. The van der Waals surface area contributed by atoms with Crippen LogP contribution < -0.4 is 10.6 Å². The molecule has 0 radical (unpaired) electrons.